The van der Waals surface area contributed by atoms with Crippen LogP contribution in [0, 0.1) is 11.6 Å². The van der Waals surface area contributed by atoms with Crippen molar-refractivity contribution in [2.24, 2.45) is 0 Å². The number of benzene rings is 1. The molecule has 0 radical (unpaired) electrons. The zero-order valence-electron chi connectivity index (χ0n) is 9.41. The van der Waals surface area contributed by atoms with Crippen LogP contribution in [0.2, 0.25) is 0 Å². The molecular formula is C12H13F2NO2. The van der Waals surface area contributed by atoms with E-state index in [1.807, 2.05) is 6.92 Å². The summed E-state index contributed by atoms with van der Waals surface area (Å²) in [6, 6.07) is 2.84. The molecule has 92 valence electrons. The predicted molar refractivity (Wildman–Crippen MR) is 57.5 cm³/mol. The van der Waals surface area contributed by atoms with Crippen molar-refractivity contribution in [2.75, 3.05) is 13.1 Å². The van der Waals surface area contributed by atoms with Gasteiger partial charge < -0.3 is 10.0 Å². The van der Waals surface area contributed by atoms with Crippen molar-refractivity contribution in [3.63, 3.8) is 0 Å². The highest BCUT2D eigenvalue weighted by molar-refractivity contribution is 5.95. The van der Waals surface area contributed by atoms with Gasteiger partial charge in [0.1, 0.15) is 11.6 Å². The molecule has 1 aromatic rings. The number of aliphatic hydroxyl groups is 1. The molecule has 1 saturated heterocycles. The summed E-state index contributed by atoms with van der Waals surface area (Å²) in [6.07, 6.45) is 0.544. The number of nitrogens with zero attached hydrogens (tertiary/aromatic N) is 1. The first kappa shape index (κ1) is 12.0. The van der Waals surface area contributed by atoms with Gasteiger partial charge in [0.2, 0.25) is 0 Å². The molecule has 0 aromatic heterocycles. The maximum atomic E-state index is 13.3. The van der Waals surface area contributed by atoms with Gasteiger partial charge in [-0.25, -0.2) is 8.78 Å². The van der Waals surface area contributed by atoms with Gasteiger partial charge >= 0.3 is 0 Å². The Balaban J connectivity index is 2.12. The van der Waals surface area contributed by atoms with Crippen molar-refractivity contribution in [3.05, 3.63) is 35.4 Å². The summed E-state index contributed by atoms with van der Waals surface area (Å²) in [5, 5.41) is 9.75. The molecule has 3 nitrogen and oxygen atoms in total. The summed E-state index contributed by atoms with van der Waals surface area (Å²) in [6.45, 7) is 2.21. The lowest BCUT2D eigenvalue weighted by atomic mass is 9.90. The minimum atomic E-state index is -0.873. The lowest BCUT2D eigenvalue weighted by Crippen LogP contribution is -2.63. The van der Waals surface area contributed by atoms with E-state index in [-0.39, 0.29) is 18.7 Å². The van der Waals surface area contributed by atoms with Crippen LogP contribution in [-0.4, -0.2) is 34.6 Å². The number of halogens is 2. The molecule has 0 atom stereocenters. The third kappa shape index (κ3) is 2.15. The average Bonchev–Trinajstić information content (AvgIpc) is 2.24. The van der Waals surface area contributed by atoms with Crippen LogP contribution in [-0.2, 0) is 0 Å². The molecule has 1 N–H and O–H groups in total. The molecule has 1 aliphatic heterocycles. The van der Waals surface area contributed by atoms with Crippen molar-refractivity contribution < 1.29 is 18.7 Å². The van der Waals surface area contributed by atoms with E-state index in [2.05, 4.69) is 0 Å². The van der Waals surface area contributed by atoms with Gasteiger partial charge in [-0.2, -0.15) is 0 Å². The number of β-amino-alcohol motifs (C(OH)–C–C–N with tert-alkyl or cyclic N) is 1. The maximum Gasteiger partial charge on any atom is 0.257 e. The molecular weight excluding hydrogens is 228 g/mol. The van der Waals surface area contributed by atoms with Gasteiger partial charge in [-0.05, 0) is 18.6 Å². The molecule has 1 aromatic carbocycles. The Labute approximate surface area is 97.7 Å². The van der Waals surface area contributed by atoms with Crippen LogP contribution < -0.4 is 0 Å². The normalized spacial score (nSPS) is 17.8. The van der Waals surface area contributed by atoms with Gasteiger partial charge in [0.05, 0.1) is 24.3 Å². The first-order valence-electron chi connectivity index (χ1n) is 5.42. The number of likely N-dealkylation sites (tertiary alicyclic amines) is 1. The van der Waals surface area contributed by atoms with Crippen molar-refractivity contribution in [1.29, 1.82) is 0 Å². The summed E-state index contributed by atoms with van der Waals surface area (Å²) in [5.74, 6) is -2.10. The molecule has 1 aliphatic rings. The van der Waals surface area contributed by atoms with Crippen LogP contribution in [0.25, 0.3) is 0 Å². The summed E-state index contributed by atoms with van der Waals surface area (Å²) in [4.78, 5) is 13.2. The second-order valence-electron chi connectivity index (χ2n) is 4.36. The lowest BCUT2D eigenvalue weighted by Gasteiger charge is -2.46. The first-order chi connectivity index (χ1) is 7.95. The molecule has 0 bridgehead atoms. The first-order valence-corrected chi connectivity index (χ1v) is 5.42. The highest BCUT2D eigenvalue weighted by atomic mass is 19.1. The monoisotopic (exact) mass is 241 g/mol. The Morgan fingerprint density at radius 2 is 2.12 bits per heavy atom. The molecule has 0 saturated carbocycles. The molecule has 1 heterocycles. The third-order valence-electron chi connectivity index (χ3n) is 3.08. The van der Waals surface area contributed by atoms with Gasteiger partial charge in [-0.3, -0.25) is 4.79 Å². The highest BCUT2D eigenvalue weighted by Gasteiger charge is 2.42. The van der Waals surface area contributed by atoms with Gasteiger partial charge in [0.25, 0.3) is 5.91 Å². The van der Waals surface area contributed by atoms with Crippen LogP contribution in [0.4, 0.5) is 8.78 Å². The summed E-state index contributed by atoms with van der Waals surface area (Å²) in [7, 11) is 0. The number of carbonyl (C=O) groups excluding carboxylic acids is 1. The zero-order chi connectivity index (χ0) is 12.6. The van der Waals surface area contributed by atoms with Gasteiger partial charge in [-0.1, -0.05) is 6.92 Å². The van der Waals surface area contributed by atoms with Crippen LogP contribution in [0.1, 0.15) is 23.7 Å². The number of amides is 1. The molecule has 5 heteroatoms. The fourth-order valence-electron chi connectivity index (χ4n) is 1.86. The third-order valence-corrected chi connectivity index (χ3v) is 3.08. The summed E-state index contributed by atoms with van der Waals surface area (Å²) >= 11 is 0. The van der Waals surface area contributed by atoms with E-state index in [0.29, 0.717) is 12.5 Å². The lowest BCUT2D eigenvalue weighted by molar-refractivity contribution is -0.0827. The van der Waals surface area contributed by atoms with E-state index in [4.69, 9.17) is 0 Å². The fourth-order valence-corrected chi connectivity index (χ4v) is 1.86. The molecule has 0 aliphatic carbocycles. The minimum Gasteiger partial charge on any atom is -0.386 e. The zero-order valence-corrected chi connectivity index (χ0v) is 9.41. The Morgan fingerprint density at radius 3 is 2.65 bits per heavy atom. The molecule has 2 rings (SSSR count). The van der Waals surface area contributed by atoms with Crippen LogP contribution >= 0.6 is 0 Å². The Kier molecular flexibility index (Phi) is 2.87. The molecule has 1 fully saturated rings. The number of hydrogen-bond acceptors (Lipinski definition) is 2. The van der Waals surface area contributed by atoms with E-state index in [1.165, 1.54) is 4.90 Å². The Morgan fingerprint density at radius 1 is 1.47 bits per heavy atom. The standard InChI is InChI=1S/C12H13F2NO2/c1-2-12(17)6-15(7-12)11(16)9-4-3-8(13)5-10(9)14/h3-5,17H,2,6-7H2,1H3. The van der Waals surface area contributed by atoms with E-state index >= 15 is 0 Å². The quantitative estimate of drug-likeness (QED) is 0.853. The second-order valence-corrected chi connectivity index (χ2v) is 4.36. The van der Waals surface area contributed by atoms with Crippen LogP contribution in [0.15, 0.2) is 18.2 Å². The summed E-state index contributed by atoms with van der Waals surface area (Å²) < 4.78 is 26.0. The van der Waals surface area contributed by atoms with Crippen molar-refractivity contribution in [2.45, 2.75) is 18.9 Å². The highest BCUT2D eigenvalue weighted by Crippen LogP contribution is 2.26. The van der Waals surface area contributed by atoms with E-state index < -0.39 is 23.1 Å². The van der Waals surface area contributed by atoms with Crippen molar-refractivity contribution >= 4 is 5.91 Å². The maximum absolute atomic E-state index is 13.3. The molecule has 1 amide bonds. The Bertz CT molecular complexity index is 456. The smallest absolute Gasteiger partial charge is 0.257 e. The molecule has 0 spiro atoms. The number of rotatable bonds is 2. The molecule has 0 unspecified atom stereocenters. The van der Waals surface area contributed by atoms with Gasteiger partial charge in [0, 0.05) is 6.07 Å². The van der Waals surface area contributed by atoms with E-state index in [0.717, 1.165) is 12.1 Å². The van der Waals surface area contributed by atoms with E-state index in [1.54, 1.807) is 0 Å². The Hall–Kier alpha value is -1.49. The van der Waals surface area contributed by atoms with Crippen molar-refractivity contribution in [1.82, 2.24) is 4.90 Å². The topological polar surface area (TPSA) is 40.5 Å². The second kappa shape index (κ2) is 4.07. The van der Waals surface area contributed by atoms with E-state index in [9.17, 15) is 18.7 Å². The SMILES string of the molecule is CCC1(O)CN(C(=O)c2ccc(F)cc2F)C1. The number of hydrogen-bond donors (Lipinski definition) is 1. The summed E-state index contributed by atoms with van der Waals surface area (Å²) in [5.41, 5.74) is -1.02. The number of carbonyl (C=O) groups is 1. The van der Waals surface area contributed by atoms with Crippen LogP contribution in [0.5, 0.6) is 0 Å². The van der Waals surface area contributed by atoms with Crippen molar-refractivity contribution in [3.8, 4) is 0 Å². The largest absolute Gasteiger partial charge is 0.386 e. The minimum absolute atomic E-state index is 0.162. The van der Waals surface area contributed by atoms with Crippen LogP contribution in [0.3, 0.4) is 0 Å². The van der Waals surface area contributed by atoms with Gasteiger partial charge in [0.15, 0.2) is 0 Å². The fraction of sp³-hybridized carbons (Fsp3) is 0.417. The average molecular weight is 241 g/mol. The molecule has 17 heavy (non-hydrogen) atoms. The predicted octanol–water partition coefficient (Wildman–Crippen LogP) is 1.56. The van der Waals surface area contributed by atoms with Gasteiger partial charge in [-0.15, -0.1) is 0 Å².